The predicted octanol–water partition coefficient (Wildman–Crippen LogP) is 4.51. The quantitative estimate of drug-likeness (QED) is 0.647. The van der Waals surface area contributed by atoms with Crippen LogP contribution >= 0.6 is 23.2 Å². The van der Waals surface area contributed by atoms with Crippen LogP contribution in [0.15, 0.2) is 48.5 Å². The third kappa shape index (κ3) is 3.14. The Bertz CT molecular complexity index is 741. The Morgan fingerprint density at radius 3 is 2.67 bits per heavy atom. The van der Waals surface area contributed by atoms with Crippen LogP contribution in [0.1, 0.15) is 5.82 Å². The van der Waals surface area contributed by atoms with Gasteiger partial charge in [0, 0.05) is 5.02 Å². The maximum atomic E-state index is 6.00. The van der Waals surface area contributed by atoms with Crippen LogP contribution in [0, 0.1) is 0 Å². The minimum atomic E-state index is 0.359. The number of alkyl halides is 1. The Balaban J connectivity index is 1.79. The summed E-state index contributed by atoms with van der Waals surface area (Å²) >= 11 is 12.0. The number of imidazole rings is 1. The number of aromatic nitrogens is 2. The molecule has 0 aliphatic rings. The van der Waals surface area contributed by atoms with Crippen LogP contribution in [-0.4, -0.2) is 16.2 Å². The van der Waals surface area contributed by atoms with Crippen molar-refractivity contribution in [3.05, 3.63) is 59.4 Å². The first-order valence-electron chi connectivity index (χ1n) is 6.66. The summed E-state index contributed by atoms with van der Waals surface area (Å²) in [5.74, 6) is 2.04. The molecule has 0 unspecified atom stereocenters. The monoisotopic (exact) mass is 320 g/mol. The molecule has 0 saturated heterocycles. The van der Waals surface area contributed by atoms with Crippen molar-refractivity contribution in [2.45, 2.75) is 12.4 Å². The van der Waals surface area contributed by atoms with Gasteiger partial charge in [-0.15, -0.1) is 11.6 Å². The summed E-state index contributed by atoms with van der Waals surface area (Å²) in [4.78, 5) is 4.51. The molecule has 2 aromatic carbocycles. The summed E-state index contributed by atoms with van der Waals surface area (Å²) in [6.45, 7) is 1.25. The highest BCUT2D eigenvalue weighted by molar-refractivity contribution is 6.31. The molecular formula is C16H14Cl2N2O. The van der Waals surface area contributed by atoms with Crippen molar-refractivity contribution in [3.8, 4) is 5.75 Å². The van der Waals surface area contributed by atoms with Crippen molar-refractivity contribution in [1.29, 1.82) is 0 Å². The average molecular weight is 321 g/mol. The largest absolute Gasteiger partial charge is 0.492 e. The molecule has 3 aromatic rings. The van der Waals surface area contributed by atoms with Crippen LogP contribution in [0.2, 0.25) is 5.02 Å². The van der Waals surface area contributed by atoms with Gasteiger partial charge in [-0.25, -0.2) is 4.98 Å². The maximum Gasteiger partial charge on any atom is 0.124 e. The fraction of sp³-hybridized carbons (Fsp3) is 0.188. The average Bonchev–Trinajstić information content (AvgIpc) is 2.85. The van der Waals surface area contributed by atoms with Gasteiger partial charge in [-0.05, 0) is 30.3 Å². The van der Waals surface area contributed by atoms with Crippen molar-refractivity contribution in [2.75, 3.05) is 6.61 Å². The Kier molecular flexibility index (Phi) is 4.32. The van der Waals surface area contributed by atoms with E-state index < -0.39 is 0 Å². The highest BCUT2D eigenvalue weighted by Gasteiger charge is 2.10. The van der Waals surface area contributed by atoms with Gasteiger partial charge in [0.15, 0.2) is 0 Å². The van der Waals surface area contributed by atoms with Crippen molar-refractivity contribution in [2.24, 2.45) is 0 Å². The van der Waals surface area contributed by atoms with Gasteiger partial charge in [0.25, 0.3) is 0 Å². The Morgan fingerprint density at radius 1 is 1.10 bits per heavy atom. The number of fused-ring (bicyclic) bond motifs is 1. The van der Waals surface area contributed by atoms with Crippen molar-refractivity contribution < 1.29 is 4.74 Å². The minimum absolute atomic E-state index is 0.359. The van der Waals surface area contributed by atoms with Gasteiger partial charge < -0.3 is 9.30 Å². The van der Waals surface area contributed by atoms with Crippen LogP contribution in [0.4, 0.5) is 0 Å². The van der Waals surface area contributed by atoms with Gasteiger partial charge in [-0.1, -0.05) is 29.8 Å². The van der Waals surface area contributed by atoms with Gasteiger partial charge in [0.1, 0.15) is 18.2 Å². The maximum absolute atomic E-state index is 6.00. The van der Waals surface area contributed by atoms with Crippen molar-refractivity contribution in [3.63, 3.8) is 0 Å². The molecule has 0 aliphatic carbocycles. The molecule has 108 valence electrons. The number of halogens is 2. The van der Waals surface area contributed by atoms with E-state index in [9.17, 15) is 0 Å². The predicted molar refractivity (Wildman–Crippen MR) is 86.2 cm³/mol. The van der Waals surface area contributed by atoms with E-state index >= 15 is 0 Å². The molecule has 0 saturated carbocycles. The smallest absolute Gasteiger partial charge is 0.124 e. The minimum Gasteiger partial charge on any atom is -0.492 e. The fourth-order valence-electron chi connectivity index (χ4n) is 2.28. The first-order valence-corrected chi connectivity index (χ1v) is 7.57. The Morgan fingerprint density at radius 2 is 1.90 bits per heavy atom. The molecule has 0 atom stereocenters. The summed E-state index contributed by atoms with van der Waals surface area (Å²) in [6, 6.07) is 15.4. The standard InChI is InChI=1S/C16H14Cl2N2O/c17-11-16-19-14-10-12(18)6-7-15(14)20(16)8-9-21-13-4-2-1-3-5-13/h1-7,10H,8-9,11H2. The zero-order valence-corrected chi connectivity index (χ0v) is 12.8. The number of rotatable bonds is 5. The van der Waals surface area contributed by atoms with E-state index in [4.69, 9.17) is 27.9 Å². The van der Waals surface area contributed by atoms with Crippen molar-refractivity contribution >= 4 is 34.2 Å². The molecular weight excluding hydrogens is 307 g/mol. The van der Waals surface area contributed by atoms with Gasteiger partial charge in [0.05, 0.1) is 23.5 Å². The summed E-state index contributed by atoms with van der Waals surface area (Å²) in [7, 11) is 0. The number of para-hydroxylation sites is 1. The van der Waals surface area contributed by atoms with E-state index in [-0.39, 0.29) is 0 Å². The van der Waals surface area contributed by atoms with Crippen molar-refractivity contribution in [1.82, 2.24) is 9.55 Å². The second-order valence-corrected chi connectivity index (χ2v) is 5.31. The van der Waals surface area contributed by atoms with Gasteiger partial charge in [-0.3, -0.25) is 0 Å². The van der Waals surface area contributed by atoms with E-state index in [1.165, 1.54) is 0 Å². The van der Waals surface area contributed by atoms with E-state index in [0.717, 1.165) is 22.6 Å². The highest BCUT2D eigenvalue weighted by atomic mass is 35.5. The molecule has 1 heterocycles. The summed E-state index contributed by atoms with van der Waals surface area (Å²) in [5, 5.41) is 0.675. The zero-order chi connectivity index (χ0) is 14.7. The molecule has 0 N–H and O–H groups in total. The molecule has 3 rings (SSSR count). The molecule has 0 fully saturated rings. The van der Waals surface area contributed by atoms with Gasteiger partial charge in [0.2, 0.25) is 0 Å². The molecule has 21 heavy (non-hydrogen) atoms. The number of hydrogen-bond acceptors (Lipinski definition) is 2. The number of nitrogens with zero attached hydrogens (tertiary/aromatic N) is 2. The third-order valence-electron chi connectivity index (χ3n) is 3.24. The van der Waals surface area contributed by atoms with E-state index in [1.54, 1.807) is 0 Å². The number of benzene rings is 2. The first kappa shape index (κ1) is 14.2. The van der Waals surface area contributed by atoms with Gasteiger partial charge in [-0.2, -0.15) is 0 Å². The van der Waals surface area contributed by atoms with E-state index in [0.29, 0.717) is 24.1 Å². The lowest BCUT2D eigenvalue weighted by Gasteiger charge is -2.09. The molecule has 3 nitrogen and oxygen atoms in total. The third-order valence-corrected chi connectivity index (χ3v) is 3.71. The summed E-state index contributed by atoms with van der Waals surface area (Å²) in [6.07, 6.45) is 0. The molecule has 0 spiro atoms. The second-order valence-electron chi connectivity index (χ2n) is 4.61. The van der Waals surface area contributed by atoms with Crippen LogP contribution in [0.25, 0.3) is 11.0 Å². The lowest BCUT2D eigenvalue weighted by atomic mass is 10.3. The molecule has 5 heteroatoms. The molecule has 0 radical (unpaired) electrons. The lowest BCUT2D eigenvalue weighted by Crippen LogP contribution is -2.10. The Labute approximate surface area is 133 Å². The molecule has 0 bridgehead atoms. The van der Waals surface area contributed by atoms with Crippen LogP contribution in [-0.2, 0) is 12.4 Å². The SMILES string of the molecule is ClCc1nc2cc(Cl)ccc2n1CCOc1ccccc1. The second kappa shape index (κ2) is 6.37. The van der Waals surface area contributed by atoms with Gasteiger partial charge >= 0.3 is 0 Å². The zero-order valence-electron chi connectivity index (χ0n) is 11.3. The Hall–Kier alpha value is -1.71. The van der Waals surface area contributed by atoms with E-state index in [1.807, 2.05) is 48.5 Å². The summed E-state index contributed by atoms with van der Waals surface area (Å²) in [5.41, 5.74) is 1.88. The molecule has 0 aliphatic heterocycles. The summed E-state index contributed by atoms with van der Waals surface area (Å²) < 4.78 is 7.80. The highest BCUT2D eigenvalue weighted by Crippen LogP contribution is 2.21. The van der Waals surface area contributed by atoms with Crippen LogP contribution in [0.5, 0.6) is 5.75 Å². The number of hydrogen-bond donors (Lipinski definition) is 0. The lowest BCUT2D eigenvalue weighted by molar-refractivity contribution is 0.299. The topological polar surface area (TPSA) is 27.1 Å². The molecule has 0 amide bonds. The number of ether oxygens (including phenoxy) is 1. The van der Waals surface area contributed by atoms with Crippen LogP contribution < -0.4 is 4.74 Å². The van der Waals surface area contributed by atoms with E-state index in [2.05, 4.69) is 9.55 Å². The normalized spacial score (nSPS) is 11.0. The first-order chi connectivity index (χ1) is 10.3. The molecule has 1 aromatic heterocycles. The fourth-order valence-corrected chi connectivity index (χ4v) is 2.65. The van der Waals surface area contributed by atoms with Crippen LogP contribution in [0.3, 0.4) is 0 Å².